The van der Waals surface area contributed by atoms with Crippen molar-refractivity contribution < 1.29 is 9.53 Å². The molecule has 2 unspecified atom stereocenters. The van der Waals surface area contributed by atoms with Gasteiger partial charge in [0.05, 0.1) is 21.7 Å². The van der Waals surface area contributed by atoms with Crippen molar-refractivity contribution in [1.29, 1.82) is 5.26 Å². The Morgan fingerprint density at radius 2 is 2.09 bits per heavy atom. The van der Waals surface area contributed by atoms with Gasteiger partial charge in [0.15, 0.2) is 0 Å². The zero-order valence-corrected chi connectivity index (χ0v) is 14.2. The fourth-order valence-corrected chi connectivity index (χ4v) is 4.00. The van der Waals surface area contributed by atoms with E-state index >= 15 is 0 Å². The molecule has 2 aliphatic rings. The minimum Gasteiger partial charge on any atom is -0.372 e. The first-order valence-corrected chi connectivity index (χ1v) is 8.63. The van der Waals surface area contributed by atoms with E-state index in [9.17, 15) is 10.1 Å². The standard InChI is InChI=1S/C17H18Cl2N2O2/c18-13-6-3-5-12(15(13)19)16(22)21-9-4-8-17(14(21)11-20)7-1-2-10-23-17/h3,5-6,14H,1-2,4,7-10H2. The van der Waals surface area contributed by atoms with Crippen molar-refractivity contribution in [3.8, 4) is 6.07 Å². The van der Waals surface area contributed by atoms with Crippen molar-refractivity contribution in [2.45, 2.75) is 43.7 Å². The first-order chi connectivity index (χ1) is 11.1. The summed E-state index contributed by atoms with van der Waals surface area (Å²) in [5.74, 6) is -0.253. The maximum absolute atomic E-state index is 12.9. The molecule has 4 nitrogen and oxygen atoms in total. The molecule has 0 radical (unpaired) electrons. The smallest absolute Gasteiger partial charge is 0.256 e. The van der Waals surface area contributed by atoms with Crippen molar-refractivity contribution in [2.75, 3.05) is 13.2 Å². The molecule has 0 aliphatic carbocycles. The Labute approximate surface area is 145 Å². The molecule has 23 heavy (non-hydrogen) atoms. The number of nitriles is 1. The number of likely N-dealkylation sites (tertiary alicyclic amines) is 1. The average molecular weight is 353 g/mol. The Balaban J connectivity index is 1.93. The number of nitrogens with zero attached hydrogens (tertiary/aromatic N) is 2. The molecule has 1 spiro atoms. The second-order valence-corrected chi connectivity index (χ2v) is 6.89. The normalized spacial score (nSPS) is 27.7. The number of hydrogen-bond donors (Lipinski definition) is 0. The minimum absolute atomic E-state index is 0.236. The van der Waals surface area contributed by atoms with E-state index in [0.717, 1.165) is 32.1 Å². The molecule has 2 aliphatic heterocycles. The van der Waals surface area contributed by atoms with Crippen molar-refractivity contribution in [3.05, 3.63) is 33.8 Å². The van der Waals surface area contributed by atoms with E-state index in [1.54, 1.807) is 23.1 Å². The van der Waals surface area contributed by atoms with E-state index < -0.39 is 11.6 Å². The molecule has 2 heterocycles. The summed E-state index contributed by atoms with van der Waals surface area (Å²) in [5, 5.41) is 10.3. The van der Waals surface area contributed by atoms with Gasteiger partial charge in [-0.05, 0) is 44.2 Å². The Morgan fingerprint density at radius 3 is 2.78 bits per heavy atom. The molecule has 122 valence electrons. The number of rotatable bonds is 1. The molecule has 1 aromatic carbocycles. The van der Waals surface area contributed by atoms with Gasteiger partial charge in [-0.1, -0.05) is 29.3 Å². The average Bonchev–Trinajstić information content (AvgIpc) is 2.57. The maximum atomic E-state index is 12.9. The van der Waals surface area contributed by atoms with Gasteiger partial charge < -0.3 is 9.64 Å². The predicted octanol–water partition coefficient (Wildman–Crippen LogP) is 4.06. The van der Waals surface area contributed by atoms with E-state index in [-0.39, 0.29) is 10.9 Å². The van der Waals surface area contributed by atoms with Crippen LogP contribution < -0.4 is 0 Å². The van der Waals surface area contributed by atoms with Crippen LogP contribution in [0.25, 0.3) is 0 Å². The molecule has 1 amide bonds. The molecule has 3 rings (SSSR count). The molecule has 0 N–H and O–H groups in total. The Bertz CT molecular complexity index is 645. The molecule has 2 atom stereocenters. The van der Waals surface area contributed by atoms with Crippen LogP contribution in [0.5, 0.6) is 0 Å². The zero-order chi connectivity index (χ0) is 16.4. The SMILES string of the molecule is N#CC1N(C(=O)c2cccc(Cl)c2Cl)CCCC12CCCCO2. The monoisotopic (exact) mass is 352 g/mol. The highest BCUT2D eigenvalue weighted by atomic mass is 35.5. The molecular weight excluding hydrogens is 335 g/mol. The van der Waals surface area contributed by atoms with Crippen molar-refractivity contribution in [3.63, 3.8) is 0 Å². The zero-order valence-electron chi connectivity index (χ0n) is 12.7. The fraction of sp³-hybridized carbons (Fsp3) is 0.529. The van der Waals surface area contributed by atoms with Gasteiger partial charge in [-0.15, -0.1) is 0 Å². The van der Waals surface area contributed by atoms with Gasteiger partial charge in [0.2, 0.25) is 0 Å². The molecule has 0 bridgehead atoms. The molecule has 1 aromatic rings. The summed E-state index contributed by atoms with van der Waals surface area (Å²) in [7, 11) is 0. The van der Waals surface area contributed by atoms with Crippen LogP contribution in [0.1, 0.15) is 42.5 Å². The lowest BCUT2D eigenvalue weighted by atomic mass is 9.79. The highest BCUT2D eigenvalue weighted by molar-refractivity contribution is 6.43. The van der Waals surface area contributed by atoms with Crippen LogP contribution in [0.15, 0.2) is 18.2 Å². The van der Waals surface area contributed by atoms with Crippen molar-refractivity contribution >= 4 is 29.1 Å². The van der Waals surface area contributed by atoms with Crippen LogP contribution in [0.4, 0.5) is 0 Å². The quantitative estimate of drug-likeness (QED) is 0.765. The van der Waals surface area contributed by atoms with E-state index in [1.165, 1.54) is 0 Å². The number of benzene rings is 1. The lowest BCUT2D eigenvalue weighted by Crippen LogP contribution is -2.60. The van der Waals surface area contributed by atoms with Gasteiger partial charge in [-0.25, -0.2) is 0 Å². The third-order valence-corrected chi connectivity index (χ3v) is 5.58. The van der Waals surface area contributed by atoms with E-state index in [0.29, 0.717) is 23.7 Å². The number of hydrogen-bond acceptors (Lipinski definition) is 3. The Morgan fingerprint density at radius 1 is 1.30 bits per heavy atom. The highest BCUT2D eigenvalue weighted by Crippen LogP contribution is 2.39. The summed E-state index contributed by atoms with van der Waals surface area (Å²) in [6.07, 6.45) is 4.49. The summed E-state index contributed by atoms with van der Waals surface area (Å²) in [6.45, 7) is 1.18. The van der Waals surface area contributed by atoms with Gasteiger partial charge >= 0.3 is 0 Å². The lowest BCUT2D eigenvalue weighted by molar-refractivity contribution is -0.128. The summed E-state index contributed by atoms with van der Waals surface area (Å²) >= 11 is 12.2. The lowest BCUT2D eigenvalue weighted by Gasteiger charge is -2.48. The topological polar surface area (TPSA) is 53.3 Å². The van der Waals surface area contributed by atoms with Crippen LogP contribution in [0, 0.1) is 11.3 Å². The van der Waals surface area contributed by atoms with E-state index in [1.807, 2.05) is 0 Å². The molecule has 6 heteroatoms. The molecule has 0 aromatic heterocycles. The van der Waals surface area contributed by atoms with E-state index in [2.05, 4.69) is 6.07 Å². The molecular formula is C17H18Cl2N2O2. The largest absolute Gasteiger partial charge is 0.372 e. The molecule has 2 fully saturated rings. The second kappa shape index (κ2) is 6.68. The van der Waals surface area contributed by atoms with Crippen LogP contribution in [0.3, 0.4) is 0 Å². The van der Waals surface area contributed by atoms with Gasteiger partial charge in [-0.3, -0.25) is 4.79 Å². The molecule has 0 saturated carbocycles. The van der Waals surface area contributed by atoms with Crippen LogP contribution in [-0.4, -0.2) is 35.6 Å². The summed E-state index contributed by atoms with van der Waals surface area (Å²) in [5.41, 5.74) is -0.196. The second-order valence-electron chi connectivity index (χ2n) is 6.11. The summed E-state index contributed by atoms with van der Waals surface area (Å²) < 4.78 is 6.00. The molecule has 2 saturated heterocycles. The van der Waals surface area contributed by atoms with Gasteiger partial charge in [0, 0.05) is 13.2 Å². The number of halogens is 2. The summed E-state index contributed by atoms with van der Waals surface area (Å²) in [4.78, 5) is 14.5. The van der Waals surface area contributed by atoms with E-state index in [4.69, 9.17) is 27.9 Å². The predicted molar refractivity (Wildman–Crippen MR) is 88.7 cm³/mol. The minimum atomic E-state index is -0.584. The Kier molecular flexibility index (Phi) is 4.82. The van der Waals surface area contributed by atoms with Crippen LogP contribution in [0.2, 0.25) is 10.0 Å². The highest BCUT2D eigenvalue weighted by Gasteiger charge is 2.48. The summed E-state index contributed by atoms with van der Waals surface area (Å²) in [6, 6.07) is 6.70. The van der Waals surface area contributed by atoms with Crippen molar-refractivity contribution in [2.24, 2.45) is 0 Å². The third-order valence-electron chi connectivity index (χ3n) is 4.76. The van der Waals surface area contributed by atoms with Crippen LogP contribution >= 0.6 is 23.2 Å². The Hall–Kier alpha value is -1.28. The number of amides is 1. The fourth-order valence-electron chi connectivity index (χ4n) is 3.61. The number of ether oxygens (including phenoxy) is 1. The van der Waals surface area contributed by atoms with Crippen LogP contribution in [-0.2, 0) is 4.74 Å². The number of piperidine rings is 1. The van der Waals surface area contributed by atoms with Gasteiger partial charge in [-0.2, -0.15) is 5.26 Å². The van der Waals surface area contributed by atoms with Gasteiger partial charge in [0.1, 0.15) is 11.6 Å². The van der Waals surface area contributed by atoms with Crippen molar-refractivity contribution in [1.82, 2.24) is 4.90 Å². The first kappa shape index (κ1) is 16.6. The number of carbonyl (C=O) groups is 1. The maximum Gasteiger partial charge on any atom is 0.256 e. The third kappa shape index (κ3) is 2.94. The number of carbonyl (C=O) groups excluding carboxylic acids is 1. The van der Waals surface area contributed by atoms with Gasteiger partial charge in [0.25, 0.3) is 5.91 Å². The first-order valence-electron chi connectivity index (χ1n) is 7.88.